The van der Waals surface area contributed by atoms with E-state index in [4.69, 9.17) is 14.2 Å². The van der Waals surface area contributed by atoms with Gasteiger partial charge in [0.25, 0.3) is 5.91 Å². The maximum Gasteiger partial charge on any atom is 0.310 e. The molecule has 2 rings (SSSR count). The third-order valence-corrected chi connectivity index (χ3v) is 4.91. The monoisotopic (exact) mass is 377 g/mol. The number of methoxy groups -OCH3 is 1. The van der Waals surface area contributed by atoms with E-state index in [-0.39, 0.29) is 30.4 Å². The summed E-state index contributed by atoms with van der Waals surface area (Å²) in [4.78, 5) is 26.5. The van der Waals surface area contributed by atoms with Crippen LogP contribution in [0.1, 0.15) is 46.0 Å². The highest BCUT2D eigenvalue weighted by atomic mass is 16.5. The molecule has 0 spiro atoms. The van der Waals surface area contributed by atoms with E-state index in [2.05, 4.69) is 0 Å². The highest BCUT2D eigenvalue weighted by molar-refractivity contribution is 5.79. The van der Waals surface area contributed by atoms with Gasteiger partial charge in [0, 0.05) is 12.6 Å². The highest BCUT2D eigenvalue weighted by Gasteiger charge is 2.29. The fourth-order valence-electron chi connectivity index (χ4n) is 3.44. The van der Waals surface area contributed by atoms with Crippen molar-refractivity contribution in [1.29, 1.82) is 0 Å². The molecular formula is C21H31NO5. The van der Waals surface area contributed by atoms with Crippen LogP contribution in [-0.2, 0) is 14.3 Å². The van der Waals surface area contributed by atoms with Crippen LogP contribution in [0, 0.1) is 5.92 Å². The van der Waals surface area contributed by atoms with Crippen molar-refractivity contribution in [1.82, 2.24) is 4.90 Å². The molecule has 1 aliphatic carbocycles. The quantitative estimate of drug-likeness (QED) is 0.617. The Hall–Kier alpha value is -2.24. The number of carbonyl (C=O) groups is 2. The SMILES string of the molecule is CCOc1ccc(OCC(=O)N(CC(C)C(=O)OC)C2CCCCC2)cc1. The summed E-state index contributed by atoms with van der Waals surface area (Å²) in [5.41, 5.74) is 0. The largest absolute Gasteiger partial charge is 0.494 e. The Balaban J connectivity index is 1.98. The Labute approximate surface area is 161 Å². The Morgan fingerprint density at radius 1 is 1.07 bits per heavy atom. The van der Waals surface area contributed by atoms with Crippen LogP contribution in [0.4, 0.5) is 0 Å². The van der Waals surface area contributed by atoms with Gasteiger partial charge in [0.1, 0.15) is 11.5 Å². The molecule has 0 aliphatic heterocycles. The van der Waals surface area contributed by atoms with Gasteiger partial charge in [-0.3, -0.25) is 9.59 Å². The van der Waals surface area contributed by atoms with Crippen molar-refractivity contribution in [2.75, 3.05) is 26.9 Å². The molecule has 6 heteroatoms. The number of rotatable bonds is 9. The van der Waals surface area contributed by atoms with Gasteiger partial charge in [0.2, 0.25) is 0 Å². The van der Waals surface area contributed by atoms with E-state index in [1.807, 2.05) is 24.0 Å². The Bertz CT molecular complexity index is 595. The van der Waals surface area contributed by atoms with Gasteiger partial charge in [-0.25, -0.2) is 0 Å². The average Bonchev–Trinajstić information content (AvgIpc) is 2.71. The Kier molecular flexibility index (Phi) is 8.43. The average molecular weight is 377 g/mol. The number of ether oxygens (including phenoxy) is 3. The van der Waals surface area contributed by atoms with Crippen LogP contribution >= 0.6 is 0 Å². The van der Waals surface area contributed by atoms with Crippen LogP contribution in [-0.4, -0.2) is 49.7 Å². The van der Waals surface area contributed by atoms with E-state index in [9.17, 15) is 9.59 Å². The lowest BCUT2D eigenvalue weighted by Gasteiger charge is -2.35. The molecule has 0 saturated heterocycles. The number of esters is 1. The molecule has 0 aromatic heterocycles. The maximum absolute atomic E-state index is 12.9. The van der Waals surface area contributed by atoms with Gasteiger partial charge >= 0.3 is 5.97 Å². The van der Waals surface area contributed by atoms with Crippen LogP contribution < -0.4 is 9.47 Å². The first-order chi connectivity index (χ1) is 13.0. The predicted molar refractivity (Wildman–Crippen MR) is 103 cm³/mol. The molecule has 1 aromatic rings. The molecule has 1 atom stereocenters. The van der Waals surface area contributed by atoms with Gasteiger partial charge in [0.15, 0.2) is 6.61 Å². The summed E-state index contributed by atoms with van der Waals surface area (Å²) in [6.07, 6.45) is 5.38. The topological polar surface area (TPSA) is 65.1 Å². The predicted octanol–water partition coefficient (Wildman–Crippen LogP) is 3.43. The summed E-state index contributed by atoms with van der Waals surface area (Å²) in [7, 11) is 1.38. The van der Waals surface area contributed by atoms with Crippen molar-refractivity contribution >= 4 is 11.9 Å². The molecule has 1 fully saturated rings. The van der Waals surface area contributed by atoms with Crippen molar-refractivity contribution in [3.8, 4) is 11.5 Å². The molecule has 1 unspecified atom stereocenters. The smallest absolute Gasteiger partial charge is 0.310 e. The van der Waals surface area contributed by atoms with Gasteiger partial charge in [-0.2, -0.15) is 0 Å². The van der Waals surface area contributed by atoms with E-state index in [0.717, 1.165) is 31.4 Å². The molecule has 0 heterocycles. The summed E-state index contributed by atoms with van der Waals surface area (Å²) in [6.45, 7) is 4.65. The molecule has 150 valence electrons. The van der Waals surface area contributed by atoms with Gasteiger partial charge in [0.05, 0.1) is 19.6 Å². The summed E-state index contributed by atoms with van der Waals surface area (Å²) in [5, 5.41) is 0. The van der Waals surface area contributed by atoms with Crippen molar-refractivity contribution in [3.63, 3.8) is 0 Å². The fourth-order valence-corrected chi connectivity index (χ4v) is 3.44. The third-order valence-electron chi connectivity index (χ3n) is 4.91. The number of benzene rings is 1. The summed E-state index contributed by atoms with van der Waals surface area (Å²) >= 11 is 0. The van der Waals surface area contributed by atoms with E-state index < -0.39 is 0 Å². The lowest BCUT2D eigenvalue weighted by Crippen LogP contribution is -2.47. The number of nitrogens with zero attached hydrogens (tertiary/aromatic N) is 1. The lowest BCUT2D eigenvalue weighted by atomic mass is 9.93. The number of carbonyl (C=O) groups excluding carboxylic acids is 2. The molecule has 27 heavy (non-hydrogen) atoms. The Morgan fingerprint density at radius 3 is 2.22 bits per heavy atom. The molecule has 1 saturated carbocycles. The van der Waals surface area contributed by atoms with Crippen molar-refractivity contribution in [2.45, 2.75) is 52.0 Å². The summed E-state index contributed by atoms with van der Waals surface area (Å²) in [5.74, 6) is 0.650. The molecule has 1 amide bonds. The number of amides is 1. The minimum atomic E-state index is -0.355. The summed E-state index contributed by atoms with van der Waals surface area (Å²) < 4.78 is 15.9. The minimum absolute atomic E-state index is 0.0433. The maximum atomic E-state index is 12.9. The first-order valence-electron chi connectivity index (χ1n) is 9.78. The van der Waals surface area contributed by atoms with Crippen molar-refractivity contribution in [3.05, 3.63) is 24.3 Å². The zero-order valence-electron chi connectivity index (χ0n) is 16.6. The standard InChI is InChI=1S/C21H31NO5/c1-4-26-18-10-12-19(13-11-18)27-15-20(23)22(14-16(2)21(24)25-3)17-8-6-5-7-9-17/h10-13,16-17H,4-9,14-15H2,1-3H3. The van der Waals surface area contributed by atoms with E-state index in [1.54, 1.807) is 19.1 Å². The van der Waals surface area contributed by atoms with Crippen LogP contribution in [0.5, 0.6) is 11.5 Å². The number of hydrogen-bond acceptors (Lipinski definition) is 5. The van der Waals surface area contributed by atoms with Crippen LogP contribution in [0.15, 0.2) is 24.3 Å². The van der Waals surface area contributed by atoms with Gasteiger partial charge < -0.3 is 19.1 Å². The molecule has 1 aliphatic rings. The van der Waals surface area contributed by atoms with Crippen LogP contribution in [0.2, 0.25) is 0 Å². The van der Waals surface area contributed by atoms with E-state index in [1.165, 1.54) is 13.5 Å². The van der Waals surface area contributed by atoms with E-state index >= 15 is 0 Å². The van der Waals surface area contributed by atoms with Gasteiger partial charge in [-0.15, -0.1) is 0 Å². The first-order valence-corrected chi connectivity index (χ1v) is 9.78. The lowest BCUT2D eigenvalue weighted by molar-refractivity contribution is -0.147. The second-order valence-corrected chi connectivity index (χ2v) is 6.96. The van der Waals surface area contributed by atoms with Gasteiger partial charge in [-0.1, -0.05) is 26.2 Å². The molecule has 1 aromatic carbocycles. The van der Waals surface area contributed by atoms with Crippen LogP contribution in [0.25, 0.3) is 0 Å². The normalized spacial score (nSPS) is 15.7. The fraction of sp³-hybridized carbons (Fsp3) is 0.619. The number of hydrogen-bond donors (Lipinski definition) is 0. The second-order valence-electron chi connectivity index (χ2n) is 6.96. The molecule has 0 N–H and O–H groups in total. The summed E-state index contributed by atoms with van der Waals surface area (Å²) in [6, 6.07) is 7.39. The van der Waals surface area contributed by atoms with Crippen LogP contribution in [0.3, 0.4) is 0 Å². The molecule has 6 nitrogen and oxygen atoms in total. The zero-order chi connectivity index (χ0) is 19.6. The third kappa shape index (κ3) is 6.45. The van der Waals surface area contributed by atoms with Crippen molar-refractivity contribution < 1.29 is 23.8 Å². The molecule has 0 bridgehead atoms. The van der Waals surface area contributed by atoms with E-state index in [0.29, 0.717) is 18.9 Å². The highest BCUT2D eigenvalue weighted by Crippen LogP contribution is 2.24. The Morgan fingerprint density at radius 2 is 1.67 bits per heavy atom. The second kappa shape index (κ2) is 10.8. The molecule has 0 radical (unpaired) electrons. The zero-order valence-corrected chi connectivity index (χ0v) is 16.6. The molecular weight excluding hydrogens is 346 g/mol. The minimum Gasteiger partial charge on any atom is -0.494 e. The first kappa shape index (κ1) is 21.1. The van der Waals surface area contributed by atoms with Gasteiger partial charge in [-0.05, 0) is 44.0 Å². The van der Waals surface area contributed by atoms with Crippen molar-refractivity contribution in [2.24, 2.45) is 5.92 Å².